The molecule has 0 saturated carbocycles. The summed E-state index contributed by atoms with van der Waals surface area (Å²) in [7, 11) is 0. The van der Waals surface area contributed by atoms with E-state index in [0.717, 1.165) is 6.20 Å². The second kappa shape index (κ2) is 3.92. The number of hydrazine groups is 2. The summed E-state index contributed by atoms with van der Waals surface area (Å²) in [4.78, 5) is 24.9. The third-order valence-electron chi connectivity index (χ3n) is 1.59. The summed E-state index contributed by atoms with van der Waals surface area (Å²) in [5, 5.41) is 10.1. The van der Waals surface area contributed by atoms with Crippen LogP contribution in [0, 0.1) is 0 Å². The number of primary amides is 2. The number of nitrogens with zero attached hydrogens (tertiary/aromatic N) is 4. The summed E-state index contributed by atoms with van der Waals surface area (Å²) in [6.07, 6.45) is 0.920. The fourth-order valence-electron chi connectivity index (χ4n) is 0.841. The lowest BCUT2D eigenvalue weighted by molar-refractivity contribution is 0.188. The van der Waals surface area contributed by atoms with Gasteiger partial charge in [-0.05, 0) is 0 Å². The van der Waals surface area contributed by atoms with E-state index < -0.39 is 18.0 Å². The third kappa shape index (κ3) is 1.94. The van der Waals surface area contributed by atoms with Crippen LogP contribution in [0.2, 0.25) is 0 Å². The van der Waals surface area contributed by atoms with Crippen molar-refractivity contribution >= 4 is 23.8 Å². The van der Waals surface area contributed by atoms with Crippen LogP contribution in [0.4, 0.5) is 21.4 Å². The Kier molecular flexibility index (Phi) is 2.82. The van der Waals surface area contributed by atoms with Crippen LogP contribution in [-0.4, -0.2) is 27.0 Å². The van der Waals surface area contributed by atoms with E-state index in [2.05, 4.69) is 4.98 Å². The largest absolute Gasteiger partial charge is 0.425 e. The molecule has 0 saturated heterocycles. The Hall–Kier alpha value is -2.53. The number of rotatable bonds is 2. The summed E-state index contributed by atoms with van der Waals surface area (Å²) in [5.41, 5.74) is 9.70. The molecule has 4 amide bonds. The number of hydrogen-bond acceptors (Lipinski definition) is 6. The summed E-state index contributed by atoms with van der Waals surface area (Å²) < 4.78 is 0.364. The maximum absolute atomic E-state index is 10.7. The number of amides is 4. The van der Waals surface area contributed by atoms with Crippen molar-refractivity contribution in [2.45, 2.75) is 0 Å². The second-order valence-electron chi connectivity index (χ2n) is 2.66. The molecule has 0 radical (unpaired) electrons. The SMILES string of the molecule is NC(=O)N(N)c1cn(O)c(N(N)C(N)=O)n1. The monoisotopic (exact) mass is 230 g/mol. The molecule has 9 N–H and O–H groups in total. The van der Waals surface area contributed by atoms with E-state index in [-0.39, 0.29) is 5.82 Å². The number of carbonyl (C=O) groups excluding carboxylic acids is 2. The summed E-state index contributed by atoms with van der Waals surface area (Å²) in [5.74, 6) is 9.74. The zero-order valence-corrected chi connectivity index (χ0v) is 7.94. The predicted octanol–water partition coefficient (Wildman–Crippen LogP) is -2.36. The van der Waals surface area contributed by atoms with E-state index >= 15 is 0 Å². The Morgan fingerprint density at radius 1 is 1.25 bits per heavy atom. The first-order valence-electron chi connectivity index (χ1n) is 3.81. The standard InChI is InChI=1S/C5H10N8O3/c6-3(14)12(8)2-1-11(16)5(10-2)13(9)4(7)15/h1,16H,8-9H2,(H2,6,14)(H2,7,15). The lowest BCUT2D eigenvalue weighted by Crippen LogP contribution is -2.43. The summed E-state index contributed by atoms with van der Waals surface area (Å²) >= 11 is 0. The van der Waals surface area contributed by atoms with Gasteiger partial charge in [0, 0.05) is 0 Å². The van der Waals surface area contributed by atoms with E-state index in [4.69, 9.17) is 23.2 Å². The fourth-order valence-corrected chi connectivity index (χ4v) is 0.841. The first-order chi connectivity index (χ1) is 7.34. The Morgan fingerprint density at radius 2 is 1.75 bits per heavy atom. The minimum atomic E-state index is -1.06. The number of nitrogens with two attached hydrogens (primary N) is 4. The molecule has 0 aliphatic rings. The molecule has 16 heavy (non-hydrogen) atoms. The van der Waals surface area contributed by atoms with Gasteiger partial charge in [-0.25, -0.2) is 26.3 Å². The lowest BCUT2D eigenvalue weighted by atomic mass is 10.7. The molecule has 0 aliphatic carbocycles. The molecule has 0 fully saturated rings. The van der Waals surface area contributed by atoms with Crippen molar-refractivity contribution in [1.82, 2.24) is 9.71 Å². The molecule has 11 nitrogen and oxygen atoms in total. The number of urea groups is 2. The highest BCUT2D eigenvalue weighted by Gasteiger charge is 2.20. The van der Waals surface area contributed by atoms with Crippen molar-refractivity contribution in [3.63, 3.8) is 0 Å². The maximum atomic E-state index is 10.7. The van der Waals surface area contributed by atoms with Crippen LogP contribution in [0.15, 0.2) is 6.20 Å². The average Bonchev–Trinajstić information content (AvgIpc) is 2.57. The Labute approximate surface area is 88.7 Å². The van der Waals surface area contributed by atoms with Gasteiger partial charge in [-0.1, -0.05) is 0 Å². The first-order valence-corrected chi connectivity index (χ1v) is 3.81. The van der Waals surface area contributed by atoms with Gasteiger partial charge in [0.1, 0.15) is 0 Å². The van der Waals surface area contributed by atoms with Gasteiger partial charge in [-0.3, -0.25) is 0 Å². The summed E-state index contributed by atoms with van der Waals surface area (Å²) in [6.45, 7) is 0. The van der Waals surface area contributed by atoms with Gasteiger partial charge in [0.2, 0.25) is 0 Å². The van der Waals surface area contributed by atoms with Crippen molar-refractivity contribution in [2.24, 2.45) is 23.2 Å². The smallest absolute Gasteiger partial charge is 0.336 e. The Bertz CT molecular complexity index is 427. The summed E-state index contributed by atoms with van der Waals surface area (Å²) in [6, 6.07) is -2.07. The van der Waals surface area contributed by atoms with E-state index in [1.165, 1.54) is 0 Å². The molecule has 0 aromatic carbocycles. The predicted molar refractivity (Wildman–Crippen MR) is 51.9 cm³/mol. The number of carbonyl (C=O) groups is 2. The molecule has 1 aromatic heterocycles. The van der Waals surface area contributed by atoms with Gasteiger partial charge in [0.25, 0.3) is 5.95 Å². The van der Waals surface area contributed by atoms with Crippen molar-refractivity contribution in [3.05, 3.63) is 6.20 Å². The zero-order valence-electron chi connectivity index (χ0n) is 7.94. The van der Waals surface area contributed by atoms with Crippen LogP contribution in [0.1, 0.15) is 0 Å². The van der Waals surface area contributed by atoms with Crippen LogP contribution in [0.3, 0.4) is 0 Å². The van der Waals surface area contributed by atoms with Crippen LogP contribution in [0.25, 0.3) is 0 Å². The molecule has 11 heteroatoms. The van der Waals surface area contributed by atoms with Gasteiger partial charge < -0.3 is 16.7 Å². The topological polar surface area (TPSA) is 183 Å². The minimum Gasteiger partial charge on any atom is -0.425 e. The molecule has 0 aliphatic heterocycles. The molecular weight excluding hydrogens is 220 g/mol. The normalized spacial score (nSPS) is 9.88. The van der Waals surface area contributed by atoms with Gasteiger partial charge in [0.05, 0.1) is 6.20 Å². The highest BCUT2D eigenvalue weighted by Crippen LogP contribution is 2.15. The zero-order chi connectivity index (χ0) is 12.5. The molecule has 88 valence electrons. The quantitative estimate of drug-likeness (QED) is 0.164. The van der Waals surface area contributed by atoms with Crippen LogP contribution in [-0.2, 0) is 0 Å². The minimum absolute atomic E-state index is 0.207. The van der Waals surface area contributed by atoms with Gasteiger partial charge in [-0.15, -0.1) is 0 Å². The fraction of sp³-hybridized carbons (Fsp3) is 0. The van der Waals surface area contributed by atoms with Crippen molar-refractivity contribution in [2.75, 3.05) is 10.0 Å². The molecule has 1 aromatic rings. The van der Waals surface area contributed by atoms with Crippen molar-refractivity contribution in [3.8, 4) is 0 Å². The number of imidazole rings is 1. The molecule has 1 heterocycles. The van der Waals surface area contributed by atoms with Crippen LogP contribution in [0.5, 0.6) is 0 Å². The lowest BCUT2D eigenvalue weighted by Gasteiger charge is -2.11. The second-order valence-corrected chi connectivity index (χ2v) is 2.66. The van der Waals surface area contributed by atoms with E-state index in [1.807, 2.05) is 0 Å². The Balaban J connectivity index is 3.07. The van der Waals surface area contributed by atoms with Crippen LogP contribution < -0.4 is 33.2 Å². The third-order valence-corrected chi connectivity index (χ3v) is 1.59. The highest BCUT2D eigenvalue weighted by molar-refractivity contribution is 5.90. The highest BCUT2D eigenvalue weighted by atomic mass is 16.5. The van der Waals surface area contributed by atoms with Gasteiger partial charge >= 0.3 is 12.1 Å². The average molecular weight is 230 g/mol. The van der Waals surface area contributed by atoms with Crippen LogP contribution >= 0.6 is 0 Å². The van der Waals surface area contributed by atoms with Crippen molar-refractivity contribution < 1.29 is 14.8 Å². The van der Waals surface area contributed by atoms with Crippen molar-refractivity contribution in [1.29, 1.82) is 0 Å². The van der Waals surface area contributed by atoms with E-state index in [1.54, 1.807) is 0 Å². The molecule has 0 bridgehead atoms. The molecule has 0 unspecified atom stereocenters. The number of aromatic nitrogens is 2. The van der Waals surface area contributed by atoms with E-state index in [9.17, 15) is 14.8 Å². The molecular formula is C5H10N8O3. The number of hydrogen-bond donors (Lipinski definition) is 5. The first kappa shape index (κ1) is 11.5. The number of anilines is 2. The molecule has 0 spiro atoms. The van der Waals surface area contributed by atoms with E-state index in [0.29, 0.717) is 14.7 Å². The molecule has 0 atom stereocenters. The molecule has 1 rings (SSSR count). The van der Waals surface area contributed by atoms with Gasteiger partial charge in [-0.2, -0.15) is 14.7 Å². The maximum Gasteiger partial charge on any atom is 0.336 e. The van der Waals surface area contributed by atoms with Gasteiger partial charge in [0.15, 0.2) is 5.82 Å². The Morgan fingerprint density at radius 3 is 2.19 bits per heavy atom.